The minimum absolute atomic E-state index is 0.0604. The van der Waals surface area contributed by atoms with Gasteiger partial charge in [0.05, 0.1) is 47.6 Å². The molecule has 12 nitrogen and oxygen atoms in total. The van der Waals surface area contributed by atoms with E-state index in [4.69, 9.17) is 37.5 Å². The van der Waals surface area contributed by atoms with E-state index in [0.717, 1.165) is 25.7 Å². The van der Waals surface area contributed by atoms with Gasteiger partial charge in [0.1, 0.15) is 6.10 Å². The maximum atomic E-state index is 12.8. The highest BCUT2D eigenvalue weighted by atomic mass is 16.5. The zero-order valence-electron chi connectivity index (χ0n) is 20.6. The third-order valence-electron chi connectivity index (χ3n) is 5.91. The Bertz CT molecular complexity index is 1350. The Kier molecular flexibility index (Phi) is 7.11. The summed E-state index contributed by atoms with van der Waals surface area (Å²) in [6.07, 6.45) is 3.10. The van der Waals surface area contributed by atoms with Gasteiger partial charge in [-0.2, -0.15) is 4.98 Å². The highest BCUT2D eigenvalue weighted by Crippen LogP contribution is 2.38. The predicted molar refractivity (Wildman–Crippen MR) is 138 cm³/mol. The molecule has 38 heavy (non-hydrogen) atoms. The number of benzene rings is 1. The number of rotatable bonds is 9. The second kappa shape index (κ2) is 10.5. The van der Waals surface area contributed by atoms with Crippen LogP contribution >= 0.6 is 0 Å². The predicted octanol–water partition coefficient (Wildman–Crippen LogP) is 1.33. The van der Waals surface area contributed by atoms with Gasteiger partial charge >= 0.3 is 0 Å². The van der Waals surface area contributed by atoms with Crippen LogP contribution in [0.5, 0.6) is 5.75 Å². The summed E-state index contributed by atoms with van der Waals surface area (Å²) in [5.74, 6) is 0.182. The van der Waals surface area contributed by atoms with E-state index in [9.17, 15) is 9.59 Å². The Morgan fingerprint density at radius 1 is 1.13 bits per heavy atom. The van der Waals surface area contributed by atoms with Crippen LogP contribution in [-0.4, -0.2) is 74.6 Å². The van der Waals surface area contributed by atoms with Gasteiger partial charge in [0.25, 0.3) is 11.8 Å². The van der Waals surface area contributed by atoms with Gasteiger partial charge < -0.3 is 29.9 Å². The molecule has 188 valence electrons. The number of nitrogens with one attached hydrogen (secondary N) is 3. The first-order valence-electron chi connectivity index (χ1n) is 12.0. The second-order valence-corrected chi connectivity index (χ2v) is 9.11. The maximum absolute atomic E-state index is 12.8. The molecule has 1 saturated heterocycles. The summed E-state index contributed by atoms with van der Waals surface area (Å²) in [6, 6.07) is 6.69. The van der Waals surface area contributed by atoms with Crippen molar-refractivity contribution in [3.8, 4) is 17.1 Å². The minimum Gasteiger partial charge on any atom is -0.494 e. The summed E-state index contributed by atoms with van der Waals surface area (Å²) in [5, 5.41) is 18.1. The molecule has 1 aromatic carbocycles. The van der Waals surface area contributed by atoms with E-state index in [1.165, 1.54) is 13.2 Å². The molecule has 2 amide bonds. The van der Waals surface area contributed by atoms with Crippen molar-refractivity contribution in [3.05, 3.63) is 35.9 Å². The minimum atomic E-state index is -1.99. The third kappa shape index (κ3) is 5.82. The zero-order valence-corrected chi connectivity index (χ0v) is 20.6. The molecule has 1 aliphatic carbocycles. The third-order valence-corrected chi connectivity index (χ3v) is 5.91. The lowest BCUT2D eigenvalue weighted by Crippen LogP contribution is -2.50. The Balaban J connectivity index is 1.48. The Morgan fingerprint density at radius 3 is 2.63 bits per heavy atom. The first-order valence-corrected chi connectivity index (χ1v) is 12.0. The molecule has 1 saturated carbocycles. The lowest BCUT2D eigenvalue weighted by molar-refractivity contribution is -0.117. The number of hydrogen-bond acceptors (Lipinski definition) is 10. The molecule has 2 fully saturated rings. The lowest BCUT2D eigenvalue weighted by Gasteiger charge is -2.23. The number of anilines is 3. The molecular formula is C23H22B3N7O5. The highest BCUT2D eigenvalue weighted by molar-refractivity contribution is 6.60. The van der Waals surface area contributed by atoms with Crippen LogP contribution in [0, 0.1) is 5.92 Å². The van der Waals surface area contributed by atoms with Crippen molar-refractivity contribution in [2.75, 3.05) is 24.4 Å². The van der Waals surface area contributed by atoms with Gasteiger partial charge in [0.2, 0.25) is 11.7 Å². The van der Waals surface area contributed by atoms with E-state index in [1.54, 1.807) is 18.2 Å². The van der Waals surface area contributed by atoms with Crippen LogP contribution in [0.15, 0.2) is 28.8 Å². The van der Waals surface area contributed by atoms with Crippen molar-refractivity contribution in [1.82, 2.24) is 25.7 Å². The lowest BCUT2D eigenvalue weighted by atomic mass is 9.49. The van der Waals surface area contributed by atoms with Gasteiger partial charge in [-0.3, -0.25) is 9.59 Å². The van der Waals surface area contributed by atoms with Crippen LogP contribution in [0.4, 0.5) is 17.2 Å². The molecule has 2 aliphatic rings. The van der Waals surface area contributed by atoms with E-state index >= 15 is 0 Å². The summed E-state index contributed by atoms with van der Waals surface area (Å²) in [4.78, 5) is 29.6. The van der Waals surface area contributed by atoms with Crippen LogP contribution in [0.25, 0.3) is 11.4 Å². The summed E-state index contributed by atoms with van der Waals surface area (Å²) < 4.78 is 16.7. The summed E-state index contributed by atoms with van der Waals surface area (Å²) in [5.41, 5.74) is 0.976. The van der Waals surface area contributed by atoms with Gasteiger partial charge in [-0.05, 0) is 37.8 Å². The smallest absolute Gasteiger partial charge is 0.272 e. The van der Waals surface area contributed by atoms with Crippen LogP contribution in [0.2, 0.25) is 0 Å². The molecule has 2 aromatic heterocycles. The molecule has 3 N–H and O–H groups in total. The number of carbonyl (C=O) groups excluding carboxylic acids is 2. The van der Waals surface area contributed by atoms with Gasteiger partial charge in [0.15, 0.2) is 17.3 Å². The molecule has 6 radical (unpaired) electrons. The Hall–Kier alpha value is -3.87. The zero-order chi connectivity index (χ0) is 26.9. The number of para-hydroxylation sites is 1. The number of hydrogen-bond donors (Lipinski definition) is 3. The van der Waals surface area contributed by atoms with Crippen molar-refractivity contribution >= 4 is 52.5 Å². The van der Waals surface area contributed by atoms with Gasteiger partial charge in [0, 0.05) is 18.6 Å². The van der Waals surface area contributed by atoms with Crippen LogP contribution in [0.1, 0.15) is 48.2 Å². The highest BCUT2D eigenvalue weighted by Gasteiger charge is 2.30. The number of aromatic nitrogens is 4. The standard InChI is InChI=1S/C23H22B3N7O5/c1-36-18-12(19-29-22(38-33-19)15-6-3-9-37-15)4-2-5-13(18)27-14-10-16(28-20(34)11-7-8-11)31-32-17(14)21(35)30-23(24,25)26/h2,4-5,10-11,15H,3,6-9H2,1H3,(H,30,35)(H2,27,28,31,34). The van der Waals surface area contributed by atoms with Crippen LogP contribution in [0.3, 0.4) is 0 Å². The van der Waals surface area contributed by atoms with Crippen molar-refractivity contribution in [1.29, 1.82) is 0 Å². The fraction of sp³-hybridized carbons (Fsp3) is 0.391. The molecule has 1 atom stereocenters. The maximum Gasteiger partial charge on any atom is 0.272 e. The molecule has 1 aliphatic heterocycles. The van der Waals surface area contributed by atoms with E-state index in [-0.39, 0.29) is 35.1 Å². The van der Waals surface area contributed by atoms with Crippen LogP contribution < -0.4 is 20.7 Å². The first-order chi connectivity index (χ1) is 18.2. The van der Waals surface area contributed by atoms with E-state index in [1.807, 2.05) is 0 Å². The topological polar surface area (TPSA) is 153 Å². The molecule has 0 bridgehead atoms. The number of nitrogens with zero attached hydrogens (tertiary/aromatic N) is 4. The molecular weight excluding hydrogens is 487 g/mol. The molecule has 3 heterocycles. The number of carbonyl (C=O) groups is 2. The number of methoxy groups -OCH3 is 1. The normalized spacial score (nSPS) is 17.1. The molecule has 5 rings (SSSR count). The van der Waals surface area contributed by atoms with Gasteiger partial charge in [-0.25, -0.2) is 0 Å². The van der Waals surface area contributed by atoms with Crippen molar-refractivity contribution in [2.45, 2.75) is 37.0 Å². The summed E-state index contributed by atoms with van der Waals surface area (Å²) in [6.45, 7) is 0.643. The van der Waals surface area contributed by atoms with Gasteiger partial charge in [-0.1, -0.05) is 16.5 Å². The average Bonchev–Trinajstić information content (AvgIpc) is 3.36. The van der Waals surface area contributed by atoms with Crippen molar-refractivity contribution in [3.63, 3.8) is 0 Å². The van der Waals surface area contributed by atoms with E-state index in [2.05, 4.69) is 36.3 Å². The molecule has 15 heteroatoms. The first kappa shape index (κ1) is 25.8. The fourth-order valence-electron chi connectivity index (χ4n) is 3.97. The van der Waals surface area contributed by atoms with Crippen molar-refractivity contribution < 1.29 is 23.6 Å². The van der Waals surface area contributed by atoms with E-state index in [0.29, 0.717) is 35.3 Å². The monoisotopic (exact) mass is 509 g/mol. The Morgan fingerprint density at radius 2 is 1.95 bits per heavy atom. The molecule has 0 spiro atoms. The van der Waals surface area contributed by atoms with E-state index < -0.39 is 11.1 Å². The quantitative estimate of drug-likeness (QED) is 0.360. The SMILES string of the molecule is [B]C([B])([B])NC(=O)c1nnc(NC(=O)C2CC2)cc1Nc1cccc(-c2noc(C3CCCO3)n2)c1OC. The summed E-state index contributed by atoms with van der Waals surface area (Å²) >= 11 is 0. The molecule has 3 aromatic rings. The Labute approximate surface area is 222 Å². The largest absolute Gasteiger partial charge is 0.494 e. The fourth-order valence-corrected chi connectivity index (χ4v) is 3.97. The number of amides is 2. The second-order valence-electron chi connectivity index (χ2n) is 9.11. The van der Waals surface area contributed by atoms with Crippen LogP contribution in [-0.2, 0) is 9.53 Å². The average molecular weight is 509 g/mol. The van der Waals surface area contributed by atoms with Crippen molar-refractivity contribution in [2.24, 2.45) is 5.92 Å². The summed E-state index contributed by atoms with van der Waals surface area (Å²) in [7, 11) is 18.1. The molecule has 1 unspecified atom stereocenters. The van der Waals surface area contributed by atoms with Gasteiger partial charge in [-0.15, -0.1) is 10.2 Å². The number of ether oxygens (including phenoxy) is 2.